The summed E-state index contributed by atoms with van der Waals surface area (Å²) in [6.07, 6.45) is 0.361. The average Bonchev–Trinajstić information content (AvgIpc) is 1.35. The van der Waals surface area contributed by atoms with Crippen LogP contribution in [0.15, 0.2) is 0 Å². The zero-order valence-electron chi connectivity index (χ0n) is 4.39. The van der Waals surface area contributed by atoms with Gasteiger partial charge in [-0.2, -0.15) is 0 Å². The van der Waals surface area contributed by atoms with E-state index in [4.69, 9.17) is 4.18 Å². The van der Waals surface area contributed by atoms with Crippen molar-refractivity contribution in [3.05, 3.63) is 0 Å². The molecule has 0 rings (SSSR count). The van der Waals surface area contributed by atoms with Gasteiger partial charge in [0.1, 0.15) is 0 Å². The Labute approximate surface area is 44.0 Å². The van der Waals surface area contributed by atoms with Gasteiger partial charge in [0, 0.05) is 0 Å². The van der Waals surface area contributed by atoms with Crippen LogP contribution in [0.3, 0.4) is 0 Å². The molecule has 0 amide bonds. The first-order valence-corrected chi connectivity index (χ1v) is 3.12. The Bertz CT molecular complexity index is 32.0. The molecule has 0 aromatic carbocycles. The topological polar surface area (TPSA) is 9.23 Å². The van der Waals surface area contributed by atoms with Gasteiger partial charge in [-0.15, -0.1) is 0 Å². The van der Waals surface area contributed by atoms with Crippen LogP contribution in [-0.2, 0) is 4.18 Å². The van der Waals surface area contributed by atoms with Crippen molar-refractivity contribution in [1.82, 2.24) is 0 Å². The average molecular weight is 104 g/mol. The lowest BCUT2D eigenvalue weighted by Gasteiger charge is -1.99. The highest BCUT2D eigenvalue weighted by atomic mass is 32.2. The molecule has 0 saturated heterocycles. The predicted molar refractivity (Wildman–Crippen MR) is 32.4 cm³/mol. The molecule has 0 aliphatic heterocycles. The molecule has 0 aromatic heterocycles. The Morgan fingerprint density at radius 3 is 2.17 bits per heavy atom. The van der Waals surface area contributed by atoms with Gasteiger partial charge in [-0.3, -0.25) is 0 Å². The number of rotatable bonds is 2. The molecule has 0 aliphatic carbocycles. The third-order valence-corrected chi connectivity index (χ3v) is 0.866. The van der Waals surface area contributed by atoms with Crippen molar-refractivity contribution in [2.75, 3.05) is 0 Å². The maximum atomic E-state index is 4.96. The van der Waals surface area contributed by atoms with Gasteiger partial charge in [-0.1, -0.05) is 11.9 Å². The van der Waals surface area contributed by atoms with Crippen molar-refractivity contribution < 1.29 is 4.18 Å². The minimum atomic E-state index is 0.361. The molecular weight excluding hydrogens is 94.9 g/mol. The summed E-state index contributed by atoms with van der Waals surface area (Å²) in [6.45, 7) is 4.02. The molecule has 3 heteroatoms. The SMILES string of the molecule is BSOC(C)C. The number of hydrogen-bond donors (Lipinski definition) is 0. The van der Waals surface area contributed by atoms with Gasteiger partial charge in [-0.25, -0.2) is 0 Å². The Balaban J connectivity index is 2.63. The van der Waals surface area contributed by atoms with E-state index < -0.39 is 0 Å². The molecule has 0 unspecified atom stereocenters. The molecular formula is C3H9BOS. The summed E-state index contributed by atoms with van der Waals surface area (Å²) in [7, 11) is 1.92. The highest BCUT2D eigenvalue weighted by Crippen LogP contribution is 1.97. The molecule has 0 saturated carbocycles. The lowest BCUT2D eigenvalue weighted by molar-refractivity contribution is 0.293. The third-order valence-electron chi connectivity index (χ3n) is 0.289. The molecule has 0 radical (unpaired) electrons. The minimum Gasteiger partial charge on any atom is -0.325 e. The Morgan fingerprint density at radius 2 is 2.17 bits per heavy atom. The molecule has 0 N–H and O–H groups in total. The summed E-state index contributed by atoms with van der Waals surface area (Å²) in [6, 6.07) is 0. The maximum Gasteiger partial charge on any atom is 0.210 e. The van der Waals surface area contributed by atoms with Crippen molar-refractivity contribution in [1.29, 1.82) is 0 Å². The second kappa shape index (κ2) is 3.56. The highest BCUT2D eigenvalue weighted by Gasteiger charge is 1.85. The van der Waals surface area contributed by atoms with E-state index in [0.717, 1.165) is 0 Å². The van der Waals surface area contributed by atoms with Crippen LogP contribution in [0.1, 0.15) is 13.8 Å². The van der Waals surface area contributed by atoms with Crippen molar-refractivity contribution in [2.45, 2.75) is 20.0 Å². The van der Waals surface area contributed by atoms with E-state index in [9.17, 15) is 0 Å². The van der Waals surface area contributed by atoms with Crippen LogP contribution >= 0.6 is 11.9 Å². The van der Waals surface area contributed by atoms with Crippen LogP contribution in [0.4, 0.5) is 0 Å². The zero-order chi connectivity index (χ0) is 4.99. The molecule has 0 fully saturated rings. The van der Waals surface area contributed by atoms with Gasteiger partial charge in [0.05, 0.1) is 6.10 Å². The summed E-state index contributed by atoms with van der Waals surface area (Å²) in [5, 5.41) is 0. The van der Waals surface area contributed by atoms with Crippen molar-refractivity contribution in [3.8, 4) is 0 Å². The molecule has 0 heterocycles. The van der Waals surface area contributed by atoms with E-state index in [1.807, 2.05) is 21.0 Å². The Morgan fingerprint density at radius 1 is 1.67 bits per heavy atom. The van der Waals surface area contributed by atoms with Gasteiger partial charge >= 0.3 is 0 Å². The van der Waals surface area contributed by atoms with Crippen LogP contribution in [-0.4, -0.2) is 13.2 Å². The van der Waals surface area contributed by atoms with Crippen molar-refractivity contribution >= 4 is 19.0 Å². The monoisotopic (exact) mass is 104 g/mol. The zero-order valence-corrected chi connectivity index (χ0v) is 5.21. The fourth-order valence-electron chi connectivity index (χ4n) is 0.192. The molecule has 0 atom stereocenters. The van der Waals surface area contributed by atoms with Gasteiger partial charge in [0.2, 0.25) is 7.12 Å². The summed E-state index contributed by atoms with van der Waals surface area (Å²) in [5.74, 6) is 0. The van der Waals surface area contributed by atoms with Crippen molar-refractivity contribution in [3.63, 3.8) is 0 Å². The summed E-state index contributed by atoms with van der Waals surface area (Å²) in [4.78, 5) is 0. The molecule has 0 aliphatic rings. The summed E-state index contributed by atoms with van der Waals surface area (Å²) >= 11 is 1.41. The van der Waals surface area contributed by atoms with Gasteiger partial charge < -0.3 is 4.18 Å². The fraction of sp³-hybridized carbons (Fsp3) is 1.00. The van der Waals surface area contributed by atoms with Crippen molar-refractivity contribution in [2.24, 2.45) is 0 Å². The van der Waals surface area contributed by atoms with E-state index in [0.29, 0.717) is 6.10 Å². The first-order chi connectivity index (χ1) is 2.77. The highest BCUT2D eigenvalue weighted by molar-refractivity contribution is 8.15. The largest absolute Gasteiger partial charge is 0.325 e. The molecule has 0 bridgehead atoms. The molecule has 6 heavy (non-hydrogen) atoms. The normalized spacial score (nSPS) is 9.83. The quantitative estimate of drug-likeness (QED) is 0.375. The Kier molecular flexibility index (Phi) is 3.78. The van der Waals surface area contributed by atoms with Crippen LogP contribution < -0.4 is 0 Å². The molecule has 0 aromatic rings. The van der Waals surface area contributed by atoms with Crippen LogP contribution in [0, 0.1) is 0 Å². The van der Waals surface area contributed by atoms with Crippen LogP contribution in [0.2, 0.25) is 0 Å². The predicted octanol–water partition coefficient (Wildman–Crippen LogP) is 0.608. The van der Waals surface area contributed by atoms with Gasteiger partial charge in [-0.05, 0) is 13.8 Å². The molecule has 0 spiro atoms. The van der Waals surface area contributed by atoms with Gasteiger partial charge in [0.15, 0.2) is 0 Å². The van der Waals surface area contributed by atoms with Gasteiger partial charge in [0.25, 0.3) is 0 Å². The second-order valence-electron chi connectivity index (χ2n) is 1.31. The smallest absolute Gasteiger partial charge is 0.210 e. The fourth-order valence-corrected chi connectivity index (χ4v) is 0.577. The van der Waals surface area contributed by atoms with E-state index in [2.05, 4.69) is 0 Å². The van der Waals surface area contributed by atoms with E-state index in [1.54, 1.807) is 0 Å². The summed E-state index contributed by atoms with van der Waals surface area (Å²) in [5.41, 5.74) is 0. The number of hydrogen-bond acceptors (Lipinski definition) is 2. The Hall–Kier alpha value is 0.375. The van der Waals surface area contributed by atoms with E-state index in [1.165, 1.54) is 11.9 Å². The maximum absolute atomic E-state index is 4.96. The van der Waals surface area contributed by atoms with E-state index >= 15 is 0 Å². The lowest BCUT2D eigenvalue weighted by atomic mass is 10.5. The summed E-state index contributed by atoms with van der Waals surface area (Å²) < 4.78 is 4.96. The third kappa shape index (κ3) is 4.37. The van der Waals surface area contributed by atoms with E-state index in [-0.39, 0.29) is 0 Å². The lowest BCUT2D eigenvalue weighted by Crippen LogP contribution is -1.92. The standard InChI is InChI=1S/C3H9BOS/c1-3(2)5-6-4/h3H,4H2,1-2H3. The molecule has 36 valence electrons. The molecule has 1 nitrogen and oxygen atoms in total. The first kappa shape index (κ1) is 6.37. The van der Waals surface area contributed by atoms with Crippen LogP contribution in [0.25, 0.3) is 0 Å². The second-order valence-corrected chi connectivity index (χ2v) is 1.84. The van der Waals surface area contributed by atoms with Crippen LogP contribution in [0.5, 0.6) is 0 Å². The minimum absolute atomic E-state index is 0.361. The first-order valence-electron chi connectivity index (χ1n) is 1.97.